The molecule has 0 aliphatic heterocycles. The number of anilines is 1. The van der Waals surface area contributed by atoms with Gasteiger partial charge in [0, 0.05) is 26.0 Å². The van der Waals surface area contributed by atoms with Gasteiger partial charge in [-0.2, -0.15) is 0 Å². The number of nitrogens with one attached hydrogen (secondary N) is 1. The lowest BCUT2D eigenvalue weighted by Crippen LogP contribution is -2.12. The number of hydrogen-bond donors (Lipinski definition) is 2. The molecular formula is C13H18N2O3. The number of ether oxygens (including phenoxy) is 1. The van der Waals surface area contributed by atoms with E-state index in [0.29, 0.717) is 19.0 Å². The number of fused-ring (bicyclic) bond motifs is 1. The highest BCUT2D eigenvalue weighted by atomic mass is 16.5. The molecule has 98 valence electrons. The maximum absolute atomic E-state index is 11.2. The second-order valence-corrected chi connectivity index (χ2v) is 4.42. The second-order valence-electron chi connectivity index (χ2n) is 4.42. The minimum absolute atomic E-state index is 0.271. The molecule has 1 aliphatic carbocycles. The Morgan fingerprint density at radius 2 is 2.39 bits per heavy atom. The molecular weight excluding hydrogens is 232 g/mol. The zero-order chi connectivity index (χ0) is 13.0. The summed E-state index contributed by atoms with van der Waals surface area (Å²) in [6.07, 6.45) is 3.78. The van der Waals surface area contributed by atoms with E-state index in [1.54, 1.807) is 13.2 Å². The maximum atomic E-state index is 11.2. The van der Waals surface area contributed by atoms with Gasteiger partial charge in [-0.15, -0.1) is 0 Å². The summed E-state index contributed by atoms with van der Waals surface area (Å²) in [6, 6.07) is 1.76. The number of pyridine rings is 1. The van der Waals surface area contributed by atoms with Crippen LogP contribution in [-0.2, 0) is 17.6 Å². The summed E-state index contributed by atoms with van der Waals surface area (Å²) in [5.74, 6) is -0.439. The van der Waals surface area contributed by atoms with E-state index in [0.717, 1.165) is 36.9 Å². The molecule has 1 heterocycles. The van der Waals surface area contributed by atoms with E-state index >= 15 is 0 Å². The molecule has 0 bridgehead atoms. The molecule has 0 aromatic carbocycles. The zero-order valence-corrected chi connectivity index (χ0v) is 10.5. The third-order valence-corrected chi connectivity index (χ3v) is 3.10. The first-order chi connectivity index (χ1) is 8.72. The van der Waals surface area contributed by atoms with E-state index in [-0.39, 0.29) is 5.56 Å². The Labute approximate surface area is 106 Å². The largest absolute Gasteiger partial charge is 0.478 e. The van der Waals surface area contributed by atoms with Crippen molar-refractivity contribution in [3.63, 3.8) is 0 Å². The van der Waals surface area contributed by atoms with Gasteiger partial charge in [0.05, 0.1) is 0 Å². The summed E-state index contributed by atoms with van der Waals surface area (Å²) < 4.78 is 4.95. The van der Waals surface area contributed by atoms with Crippen molar-refractivity contribution in [2.24, 2.45) is 0 Å². The van der Waals surface area contributed by atoms with Crippen LogP contribution in [0.1, 0.15) is 34.5 Å². The van der Waals surface area contributed by atoms with E-state index in [1.165, 1.54) is 0 Å². The van der Waals surface area contributed by atoms with Crippen LogP contribution in [0.15, 0.2) is 6.07 Å². The summed E-state index contributed by atoms with van der Waals surface area (Å²) in [6.45, 7) is 1.32. The monoisotopic (exact) mass is 250 g/mol. The lowest BCUT2D eigenvalue weighted by atomic mass is 10.1. The molecule has 0 amide bonds. The molecule has 0 spiro atoms. The molecule has 5 heteroatoms. The molecule has 0 saturated heterocycles. The lowest BCUT2D eigenvalue weighted by molar-refractivity contribution is 0.0697. The molecule has 0 unspecified atom stereocenters. The summed E-state index contributed by atoms with van der Waals surface area (Å²) in [7, 11) is 1.65. The predicted octanol–water partition coefficient (Wildman–Crippen LogP) is 1.72. The number of methoxy groups -OCH3 is 1. The highest BCUT2D eigenvalue weighted by molar-refractivity contribution is 5.93. The summed E-state index contributed by atoms with van der Waals surface area (Å²) in [5, 5.41) is 12.3. The second kappa shape index (κ2) is 5.82. The van der Waals surface area contributed by atoms with Crippen molar-refractivity contribution in [3.05, 3.63) is 22.9 Å². The van der Waals surface area contributed by atoms with Gasteiger partial charge in [0.2, 0.25) is 0 Å². The number of carboxylic acid groups (broad SMARTS) is 1. The number of rotatable bonds is 6. The molecule has 0 radical (unpaired) electrons. The van der Waals surface area contributed by atoms with Gasteiger partial charge in [0.1, 0.15) is 11.4 Å². The fraction of sp³-hybridized carbons (Fsp3) is 0.538. The minimum atomic E-state index is -0.925. The Morgan fingerprint density at radius 1 is 1.56 bits per heavy atom. The third kappa shape index (κ3) is 2.79. The van der Waals surface area contributed by atoms with Gasteiger partial charge in [-0.3, -0.25) is 0 Å². The van der Waals surface area contributed by atoms with Crippen LogP contribution in [0, 0.1) is 0 Å². The third-order valence-electron chi connectivity index (χ3n) is 3.10. The Bertz CT molecular complexity index is 446. The van der Waals surface area contributed by atoms with Gasteiger partial charge >= 0.3 is 5.97 Å². The van der Waals surface area contributed by atoms with E-state index in [4.69, 9.17) is 4.74 Å². The molecule has 5 nitrogen and oxygen atoms in total. The zero-order valence-electron chi connectivity index (χ0n) is 10.5. The minimum Gasteiger partial charge on any atom is -0.478 e. The van der Waals surface area contributed by atoms with E-state index in [2.05, 4.69) is 10.3 Å². The molecule has 1 aliphatic rings. The first-order valence-corrected chi connectivity index (χ1v) is 6.21. The maximum Gasteiger partial charge on any atom is 0.339 e. The van der Waals surface area contributed by atoms with Gasteiger partial charge in [-0.05, 0) is 37.3 Å². The highest BCUT2D eigenvalue weighted by Crippen LogP contribution is 2.25. The first kappa shape index (κ1) is 12.8. The summed E-state index contributed by atoms with van der Waals surface area (Å²) >= 11 is 0. The molecule has 2 rings (SSSR count). The number of nitrogens with zero attached hydrogens (tertiary/aromatic N) is 1. The highest BCUT2D eigenvalue weighted by Gasteiger charge is 2.19. The Kier molecular flexibility index (Phi) is 4.15. The number of aryl methyl sites for hydroxylation is 2. The topological polar surface area (TPSA) is 71.5 Å². The molecule has 0 saturated carbocycles. The lowest BCUT2D eigenvalue weighted by Gasteiger charge is -2.10. The smallest absolute Gasteiger partial charge is 0.339 e. The Balaban J connectivity index is 2.14. The van der Waals surface area contributed by atoms with Crippen LogP contribution in [0.4, 0.5) is 5.82 Å². The summed E-state index contributed by atoms with van der Waals surface area (Å²) in [5.41, 5.74) is 2.39. The number of aromatic carboxylic acids is 1. The summed E-state index contributed by atoms with van der Waals surface area (Å²) in [4.78, 5) is 15.6. The van der Waals surface area contributed by atoms with E-state index in [9.17, 15) is 9.90 Å². The normalized spacial score (nSPS) is 13.4. The van der Waals surface area contributed by atoms with Crippen molar-refractivity contribution in [2.75, 3.05) is 25.6 Å². The van der Waals surface area contributed by atoms with Crippen LogP contribution in [0.5, 0.6) is 0 Å². The standard InChI is InChI=1S/C13H18N2O3/c1-18-7-3-6-14-12-10(13(16)17)8-9-4-2-5-11(9)15-12/h8H,2-7H2,1H3,(H,14,15)(H,16,17). The molecule has 2 N–H and O–H groups in total. The van der Waals surface area contributed by atoms with Crippen molar-refractivity contribution < 1.29 is 14.6 Å². The Morgan fingerprint density at radius 3 is 3.11 bits per heavy atom. The van der Waals surface area contributed by atoms with Crippen molar-refractivity contribution in [1.29, 1.82) is 0 Å². The SMILES string of the molecule is COCCCNc1nc2c(cc1C(=O)O)CCC2. The van der Waals surface area contributed by atoms with Crippen LogP contribution < -0.4 is 5.32 Å². The first-order valence-electron chi connectivity index (χ1n) is 6.21. The fourth-order valence-corrected chi connectivity index (χ4v) is 2.19. The van der Waals surface area contributed by atoms with E-state index < -0.39 is 5.97 Å². The predicted molar refractivity (Wildman–Crippen MR) is 68.2 cm³/mol. The number of aromatic nitrogens is 1. The van der Waals surface area contributed by atoms with Crippen LogP contribution in [-0.4, -0.2) is 36.3 Å². The number of carbonyl (C=O) groups is 1. The van der Waals surface area contributed by atoms with Crippen molar-refractivity contribution in [2.45, 2.75) is 25.7 Å². The van der Waals surface area contributed by atoms with Gasteiger partial charge < -0.3 is 15.2 Å². The average molecular weight is 250 g/mol. The molecule has 18 heavy (non-hydrogen) atoms. The fourth-order valence-electron chi connectivity index (χ4n) is 2.19. The molecule has 1 aromatic heterocycles. The van der Waals surface area contributed by atoms with Crippen LogP contribution in [0.2, 0.25) is 0 Å². The van der Waals surface area contributed by atoms with Gasteiger partial charge in [0.25, 0.3) is 0 Å². The van der Waals surface area contributed by atoms with Crippen molar-refractivity contribution in [1.82, 2.24) is 4.98 Å². The van der Waals surface area contributed by atoms with Gasteiger partial charge in [0.15, 0.2) is 0 Å². The van der Waals surface area contributed by atoms with Crippen molar-refractivity contribution in [3.8, 4) is 0 Å². The quantitative estimate of drug-likeness (QED) is 0.752. The molecule has 1 aromatic rings. The number of carboxylic acids is 1. The average Bonchev–Trinajstić information content (AvgIpc) is 2.80. The molecule has 0 atom stereocenters. The van der Waals surface area contributed by atoms with Gasteiger partial charge in [-0.25, -0.2) is 9.78 Å². The molecule has 0 fully saturated rings. The van der Waals surface area contributed by atoms with Crippen LogP contribution in [0.3, 0.4) is 0 Å². The van der Waals surface area contributed by atoms with Crippen LogP contribution in [0.25, 0.3) is 0 Å². The Hall–Kier alpha value is -1.62. The van der Waals surface area contributed by atoms with Crippen molar-refractivity contribution >= 4 is 11.8 Å². The van der Waals surface area contributed by atoms with Gasteiger partial charge in [-0.1, -0.05) is 0 Å². The van der Waals surface area contributed by atoms with Crippen LogP contribution >= 0.6 is 0 Å². The van der Waals surface area contributed by atoms with E-state index in [1.807, 2.05) is 0 Å². The number of hydrogen-bond acceptors (Lipinski definition) is 4.